The molecule has 0 fully saturated rings. The molecule has 1 aromatic heterocycles. The van der Waals surface area contributed by atoms with Crippen molar-refractivity contribution >= 4 is 10.9 Å². The Bertz CT molecular complexity index is 787. The van der Waals surface area contributed by atoms with Gasteiger partial charge in [0.15, 0.2) is 11.6 Å². The minimum Gasteiger partial charge on any atom is -0.454 e. The average Bonchev–Trinajstić information content (AvgIpc) is 2.49. The second kappa shape index (κ2) is 5.50. The van der Waals surface area contributed by atoms with E-state index in [1.165, 1.54) is 6.07 Å². The molecule has 3 rings (SSSR count). The van der Waals surface area contributed by atoms with E-state index in [1.807, 2.05) is 18.2 Å². The quantitative estimate of drug-likeness (QED) is 0.783. The van der Waals surface area contributed by atoms with E-state index in [9.17, 15) is 4.39 Å². The Morgan fingerprint density at radius 3 is 2.81 bits per heavy atom. The summed E-state index contributed by atoms with van der Waals surface area (Å²) in [5.41, 5.74) is 7.30. The van der Waals surface area contributed by atoms with Crippen LogP contribution in [0.2, 0.25) is 0 Å². The SMILES string of the molecule is C[C@H](N)c1cccc(F)c1Oc1ccc2cccnc2c1. The predicted molar refractivity (Wildman–Crippen MR) is 80.8 cm³/mol. The van der Waals surface area contributed by atoms with E-state index in [2.05, 4.69) is 4.98 Å². The van der Waals surface area contributed by atoms with Crippen molar-refractivity contribution < 1.29 is 9.13 Å². The molecule has 0 saturated heterocycles. The minimum absolute atomic E-state index is 0.169. The first-order valence-electron chi connectivity index (χ1n) is 6.72. The topological polar surface area (TPSA) is 48.1 Å². The first-order chi connectivity index (χ1) is 10.1. The van der Waals surface area contributed by atoms with E-state index in [4.69, 9.17) is 10.5 Å². The number of rotatable bonds is 3. The lowest BCUT2D eigenvalue weighted by Gasteiger charge is -2.14. The van der Waals surface area contributed by atoms with Crippen LogP contribution in [-0.2, 0) is 0 Å². The third-order valence-electron chi connectivity index (χ3n) is 3.29. The van der Waals surface area contributed by atoms with Crippen LogP contribution in [0.3, 0.4) is 0 Å². The smallest absolute Gasteiger partial charge is 0.167 e. The maximum atomic E-state index is 14.0. The number of fused-ring (bicyclic) bond motifs is 1. The van der Waals surface area contributed by atoms with Crippen molar-refractivity contribution in [2.75, 3.05) is 0 Å². The molecular weight excluding hydrogens is 267 g/mol. The molecule has 21 heavy (non-hydrogen) atoms. The van der Waals surface area contributed by atoms with Crippen LogP contribution in [0.1, 0.15) is 18.5 Å². The second-order valence-corrected chi connectivity index (χ2v) is 4.91. The maximum absolute atomic E-state index is 14.0. The summed E-state index contributed by atoms with van der Waals surface area (Å²) in [6, 6.07) is 13.7. The molecule has 1 heterocycles. The van der Waals surface area contributed by atoms with Crippen LogP contribution in [0.25, 0.3) is 10.9 Å². The van der Waals surface area contributed by atoms with Crippen molar-refractivity contribution in [3.05, 3.63) is 66.1 Å². The zero-order chi connectivity index (χ0) is 14.8. The molecule has 1 atom stereocenters. The average molecular weight is 282 g/mol. The lowest BCUT2D eigenvalue weighted by molar-refractivity contribution is 0.433. The first-order valence-corrected chi connectivity index (χ1v) is 6.72. The summed E-state index contributed by atoms with van der Waals surface area (Å²) in [6.07, 6.45) is 1.71. The summed E-state index contributed by atoms with van der Waals surface area (Å²) < 4.78 is 19.7. The van der Waals surface area contributed by atoms with Gasteiger partial charge in [-0.2, -0.15) is 0 Å². The number of nitrogens with two attached hydrogens (primary N) is 1. The lowest BCUT2D eigenvalue weighted by atomic mass is 10.1. The molecule has 0 spiro atoms. The summed E-state index contributed by atoms with van der Waals surface area (Å²) in [4.78, 5) is 4.27. The largest absolute Gasteiger partial charge is 0.454 e. The van der Waals surface area contributed by atoms with E-state index < -0.39 is 5.82 Å². The van der Waals surface area contributed by atoms with Gasteiger partial charge in [0.25, 0.3) is 0 Å². The van der Waals surface area contributed by atoms with Crippen molar-refractivity contribution in [1.82, 2.24) is 4.98 Å². The molecule has 2 aromatic carbocycles. The standard InChI is InChI=1S/C17H15FN2O/c1-11(19)14-5-2-6-15(18)17(14)21-13-8-7-12-4-3-9-20-16(12)10-13/h2-11H,19H2,1H3/t11-/m0/s1. The molecule has 0 aliphatic rings. The molecule has 0 amide bonds. The van der Waals surface area contributed by atoms with Gasteiger partial charge in [0.1, 0.15) is 5.75 Å². The fraction of sp³-hybridized carbons (Fsp3) is 0.118. The Morgan fingerprint density at radius 2 is 2.00 bits per heavy atom. The highest BCUT2D eigenvalue weighted by Crippen LogP contribution is 2.32. The van der Waals surface area contributed by atoms with Gasteiger partial charge in [-0.15, -0.1) is 0 Å². The molecule has 3 aromatic rings. The highest BCUT2D eigenvalue weighted by Gasteiger charge is 2.14. The summed E-state index contributed by atoms with van der Waals surface area (Å²) in [5.74, 6) is 0.280. The van der Waals surface area contributed by atoms with Crippen LogP contribution in [0, 0.1) is 5.82 Å². The van der Waals surface area contributed by atoms with E-state index in [1.54, 1.807) is 37.4 Å². The molecule has 0 bridgehead atoms. The van der Waals surface area contributed by atoms with Crippen LogP contribution < -0.4 is 10.5 Å². The van der Waals surface area contributed by atoms with Crippen molar-refractivity contribution in [2.45, 2.75) is 13.0 Å². The van der Waals surface area contributed by atoms with Gasteiger partial charge in [-0.05, 0) is 31.2 Å². The van der Waals surface area contributed by atoms with Crippen molar-refractivity contribution in [1.29, 1.82) is 0 Å². The van der Waals surface area contributed by atoms with Gasteiger partial charge >= 0.3 is 0 Å². The fourth-order valence-corrected chi connectivity index (χ4v) is 2.22. The van der Waals surface area contributed by atoms with Crippen molar-refractivity contribution in [3.63, 3.8) is 0 Å². The number of aromatic nitrogens is 1. The van der Waals surface area contributed by atoms with Crippen LogP contribution >= 0.6 is 0 Å². The number of nitrogens with zero attached hydrogens (tertiary/aromatic N) is 1. The number of halogens is 1. The monoisotopic (exact) mass is 282 g/mol. The number of hydrogen-bond donors (Lipinski definition) is 1. The van der Waals surface area contributed by atoms with Gasteiger partial charge in [0.2, 0.25) is 0 Å². The number of hydrogen-bond acceptors (Lipinski definition) is 3. The number of ether oxygens (including phenoxy) is 1. The molecular formula is C17H15FN2O. The second-order valence-electron chi connectivity index (χ2n) is 4.91. The molecule has 0 radical (unpaired) electrons. The van der Waals surface area contributed by atoms with Crippen molar-refractivity contribution in [3.8, 4) is 11.5 Å². The zero-order valence-electron chi connectivity index (χ0n) is 11.6. The molecule has 106 valence electrons. The van der Waals surface area contributed by atoms with Gasteiger partial charge in [-0.3, -0.25) is 4.98 Å². The van der Waals surface area contributed by atoms with Crippen LogP contribution in [0.5, 0.6) is 11.5 Å². The summed E-state index contributed by atoms with van der Waals surface area (Å²) in [5, 5.41) is 1.01. The minimum atomic E-state index is -0.425. The summed E-state index contributed by atoms with van der Waals surface area (Å²) >= 11 is 0. The van der Waals surface area contributed by atoms with Crippen molar-refractivity contribution in [2.24, 2.45) is 5.73 Å². The Morgan fingerprint density at radius 1 is 1.14 bits per heavy atom. The van der Waals surface area contributed by atoms with Gasteiger partial charge in [0, 0.05) is 29.3 Å². The lowest BCUT2D eigenvalue weighted by Crippen LogP contribution is -2.07. The molecule has 0 saturated carbocycles. The highest BCUT2D eigenvalue weighted by atomic mass is 19.1. The number of benzene rings is 2. The van der Waals surface area contributed by atoms with Gasteiger partial charge < -0.3 is 10.5 Å². The van der Waals surface area contributed by atoms with E-state index in [-0.39, 0.29) is 11.8 Å². The van der Waals surface area contributed by atoms with E-state index in [0.29, 0.717) is 11.3 Å². The molecule has 4 heteroatoms. The van der Waals surface area contributed by atoms with Gasteiger partial charge in [-0.25, -0.2) is 4.39 Å². The van der Waals surface area contributed by atoms with Gasteiger partial charge in [0.05, 0.1) is 5.52 Å². The van der Waals surface area contributed by atoms with E-state index >= 15 is 0 Å². The zero-order valence-corrected chi connectivity index (χ0v) is 11.6. The van der Waals surface area contributed by atoms with E-state index in [0.717, 1.165) is 10.9 Å². The number of para-hydroxylation sites is 1. The van der Waals surface area contributed by atoms with Crippen LogP contribution in [-0.4, -0.2) is 4.98 Å². The first kappa shape index (κ1) is 13.5. The normalized spacial score (nSPS) is 12.3. The fourth-order valence-electron chi connectivity index (χ4n) is 2.22. The number of pyridine rings is 1. The maximum Gasteiger partial charge on any atom is 0.167 e. The summed E-state index contributed by atoms with van der Waals surface area (Å²) in [7, 11) is 0. The Hall–Kier alpha value is -2.46. The Balaban J connectivity index is 2.02. The van der Waals surface area contributed by atoms with Crippen LogP contribution in [0.15, 0.2) is 54.7 Å². The highest BCUT2D eigenvalue weighted by molar-refractivity contribution is 5.79. The Labute approximate surface area is 122 Å². The molecule has 0 aliphatic heterocycles. The van der Waals surface area contributed by atoms with Gasteiger partial charge in [-0.1, -0.05) is 18.2 Å². The predicted octanol–water partition coefficient (Wildman–Crippen LogP) is 4.19. The molecule has 0 unspecified atom stereocenters. The molecule has 2 N–H and O–H groups in total. The molecule has 3 nitrogen and oxygen atoms in total. The third-order valence-corrected chi connectivity index (χ3v) is 3.29. The summed E-state index contributed by atoms with van der Waals surface area (Å²) in [6.45, 7) is 1.80. The van der Waals surface area contributed by atoms with Crippen LogP contribution in [0.4, 0.5) is 4.39 Å². The Kier molecular flexibility index (Phi) is 3.54. The molecule has 0 aliphatic carbocycles. The third kappa shape index (κ3) is 2.71.